The summed E-state index contributed by atoms with van der Waals surface area (Å²) in [4.78, 5) is 11.1. The molecule has 1 aromatic rings. The van der Waals surface area contributed by atoms with Crippen molar-refractivity contribution >= 4 is 5.97 Å². The second-order valence-corrected chi connectivity index (χ2v) is 3.52. The Labute approximate surface area is 90.0 Å². The van der Waals surface area contributed by atoms with Gasteiger partial charge in [0.1, 0.15) is 6.61 Å². The van der Waals surface area contributed by atoms with Crippen molar-refractivity contribution in [3.63, 3.8) is 0 Å². The Hall–Kier alpha value is -1.35. The van der Waals surface area contributed by atoms with Crippen molar-refractivity contribution in [2.45, 2.75) is 26.6 Å². The fourth-order valence-corrected chi connectivity index (χ4v) is 1.12. The van der Waals surface area contributed by atoms with Gasteiger partial charge in [-0.3, -0.25) is 0 Å². The molecular formula is C12H16O3. The third-order valence-corrected chi connectivity index (χ3v) is 1.70. The van der Waals surface area contributed by atoms with E-state index in [0.29, 0.717) is 6.61 Å². The van der Waals surface area contributed by atoms with Gasteiger partial charge in [0.05, 0.1) is 12.7 Å². The van der Waals surface area contributed by atoms with Gasteiger partial charge < -0.3 is 9.47 Å². The lowest BCUT2D eigenvalue weighted by Crippen LogP contribution is -2.16. The second kappa shape index (κ2) is 6.19. The molecule has 82 valence electrons. The Bertz CT molecular complexity index is 293. The predicted octanol–water partition coefficient (Wildman–Crippen LogP) is 2.15. The van der Waals surface area contributed by atoms with Crippen LogP contribution in [0.2, 0.25) is 0 Å². The summed E-state index contributed by atoms with van der Waals surface area (Å²) in [6, 6.07) is 9.72. The van der Waals surface area contributed by atoms with Crippen LogP contribution in [0.5, 0.6) is 0 Å². The van der Waals surface area contributed by atoms with E-state index < -0.39 is 0 Å². The second-order valence-electron chi connectivity index (χ2n) is 3.52. The van der Waals surface area contributed by atoms with Gasteiger partial charge in [0.2, 0.25) is 0 Å². The lowest BCUT2D eigenvalue weighted by molar-refractivity contribution is -0.153. The maximum atomic E-state index is 11.1. The van der Waals surface area contributed by atoms with Crippen molar-refractivity contribution in [1.29, 1.82) is 0 Å². The molecule has 0 aliphatic rings. The lowest BCUT2D eigenvalue weighted by Gasteiger charge is -2.08. The number of hydrogen-bond acceptors (Lipinski definition) is 3. The summed E-state index contributed by atoms with van der Waals surface area (Å²) in [5, 5.41) is 0. The zero-order valence-corrected chi connectivity index (χ0v) is 9.10. The fraction of sp³-hybridized carbons (Fsp3) is 0.417. The van der Waals surface area contributed by atoms with Crippen molar-refractivity contribution in [2.75, 3.05) is 6.61 Å². The quantitative estimate of drug-likeness (QED) is 0.695. The van der Waals surface area contributed by atoms with Crippen LogP contribution in [0.4, 0.5) is 0 Å². The van der Waals surface area contributed by atoms with Gasteiger partial charge in [-0.25, -0.2) is 4.79 Å². The van der Waals surface area contributed by atoms with E-state index in [-0.39, 0.29) is 18.7 Å². The molecule has 1 aromatic carbocycles. The average molecular weight is 208 g/mol. The van der Waals surface area contributed by atoms with E-state index in [0.717, 1.165) is 5.56 Å². The largest absolute Gasteiger partial charge is 0.461 e. The number of benzene rings is 1. The first-order chi connectivity index (χ1) is 7.18. The van der Waals surface area contributed by atoms with Crippen molar-refractivity contribution in [3.8, 4) is 0 Å². The molecule has 0 saturated carbocycles. The standard InChI is InChI=1S/C12H16O3/c1-10(2)15-12(13)9-14-8-11-6-4-3-5-7-11/h3-7,10H,8-9H2,1-2H3. The Morgan fingerprint density at radius 2 is 1.93 bits per heavy atom. The molecule has 0 aliphatic carbocycles. The van der Waals surface area contributed by atoms with Crippen LogP contribution in [0.15, 0.2) is 30.3 Å². The van der Waals surface area contributed by atoms with E-state index in [1.54, 1.807) is 0 Å². The highest BCUT2D eigenvalue weighted by molar-refractivity contribution is 5.70. The van der Waals surface area contributed by atoms with Crippen molar-refractivity contribution in [2.24, 2.45) is 0 Å². The fourth-order valence-electron chi connectivity index (χ4n) is 1.12. The Kier molecular flexibility index (Phi) is 4.84. The molecule has 0 fully saturated rings. The van der Waals surface area contributed by atoms with Crippen LogP contribution in [0.3, 0.4) is 0 Å². The molecule has 3 heteroatoms. The minimum absolute atomic E-state index is 0.00702. The van der Waals surface area contributed by atoms with Crippen molar-refractivity contribution in [3.05, 3.63) is 35.9 Å². The number of esters is 1. The number of hydrogen-bond donors (Lipinski definition) is 0. The lowest BCUT2D eigenvalue weighted by atomic mass is 10.2. The van der Waals surface area contributed by atoms with Crippen molar-refractivity contribution in [1.82, 2.24) is 0 Å². The van der Waals surface area contributed by atoms with Gasteiger partial charge in [-0.05, 0) is 19.4 Å². The minimum Gasteiger partial charge on any atom is -0.461 e. The maximum absolute atomic E-state index is 11.1. The molecule has 0 saturated heterocycles. The van der Waals surface area contributed by atoms with E-state index in [2.05, 4.69) is 0 Å². The van der Waals surface area contributed by atoms with Crippen LogP contribution in [0.1, 0.15) is 19.4 Å². The van der Waals surface area contributed by atoms with Crippen LogP contribution in [-0.4, -0.2) is 18.7 Å². The summed E-state index contributed by atoms with van der Waals surface area (Å²) >= 11 is 0. The highest BCUT2D eigenvalue weighted by atomic mass is 16.6. The SMILES string of the molecule is CC(C)OC(=O)COCc1ccccc1. The van der Waals surface area contributed by atoms with Crippen LogP contribution in [-0.2, 0) is 20.9 Å². The Morgan fingerprint density at radius 3 is 2.53 bits per heavy atom. The van der Waals surface area contributed by atoms with Gasteiger partial charge in [-0.2, -0.15) is 0 Å². The maximum Gasteiger partial charge on any atom is 0.332 e. The van der Waals surface area contributed by atoms with Gasteiger partial charge >= 0.3 is 5.97 Å². The van der Waals surface area contributed by atoms with Gasteiger partial charge in [0, 0.05) is 0 Å². The Morgan fingerprint density at radius 1 is 1.27 bits per heavy atom. The van der Waals surface area contributed by atoms with Gasteiger partial charge in [0.25, 0.3) is 0 Å². The van der Waals surface area contributed by atoms with Crippen LogP contribution in [0.25, 0.3) is 0 Å². The molecule has 3 nitrogen and oxygen atoms in total. The highest BCUT2D eigenvalue weighted by Gasteiger charge is 2.04. The highest BCUT2D eigenvalue weighted by Crippen LogP contribution is 2.00. The number of carbonyl (C=O) groups is 1. The van der Waals surface area contributed by atoms with Gasteiger partial charge in [-0.15, -0.1) is 0 Å². The smallest absolute Gasteiger partial charge is 0.332 e. The number of carbonyl (C=O) groups excluding carboxylic acids is 1. The summed E-state index contributed by atoms with van der Waals surface area (Å²) in [6.45, 7) is 4.07. The molecule has 0 bridgehead atoms. The monoisotopic (exact) mass is 208 g/mol. The van der Waals surface area contributed by atoms with E-state index in [4.69, 9.17) is 9.47 Å². The van der Waals surface area contributed by atoms with Gasteiger partial charge in [-0.1, -0.05) is 30.3 Å². The molecule has 0 spiro atoms. The first-order valence-electron chi connectivity index (χ1n) is 4.99. The molecule has 15 heavy (non-hydrogen) atoms. The normalized spacial score (nSPS) is 10.3. The molecule has 0 unspecified atom stereocenters. The zero-order chi connectivity index (χ0) is 11.1. The summed E-state index contributed by atoms with van der Waals surface area (Å²) < 4.78 is 10.1. The Balaban J connectivity index is 2.19. The zero-order valence-electron chi connectivity index (χ0n) is 9.10. The van der Waals surface area contributed by atoms with Crippen LogP contribution < -0.4 is 0 Å². The molecule has 0 radical (unpaired) electrons. The van der Waals surface area contributed by atoms with Gasteiger partial charge in [0.15, 0.2) is 0 Å². The molecule has 0 heterocycles. The number of rotatable bonds is 5. The molecule has 0 aromatic heterocycles. The molecule has 0 amide bonds. The van der Waals surface area contributed by atoms with E-state index in [1.807, 2.05) is 44.2 Å². The molecule has 0 aliphatic heterocycles. The summed E-state index contributed by atoms with van der Waals surface area (Å²) in [6.07, 6.45) is -0.0853. The molecule has 1 rings (SSSR count). The number of ether oxygens (including phenoxy) is 2. The summed E-state index contributed by atoms with van der Waals surface area (Å²) in [5.74, 6) is -0.319. The van der Waals surface area contributed by atoms with E-state index >= 15 is 0 Å². The molecule has 0 atom stereocenters. The van der Waals surface area contributed by atoms with Crippen LogP contribution >= 0.6 is 0 Å². The minimum atomic E-state index is -0.319. The van der Waals surface area contributed by atoms with E-state index in [9.17, 15) is 4.79 Å². The predicted molar refractivity (Wildman–Crippen MR) is 57.3 cm³/mol. The first kappa shape index (κ1) is 11.7. The first-order valence-corrected chi connectivity index (χ1v) is 4.99. The third kappa shape index (κ3) is 5.18. The van der Waals surface area contributed by atoms with Crippen LogP contribution in [0, 0.1) is 0 Å². The molecule has 0 N–H and O–H groups in total. The topological polar surface area (TPSA) is 35.5 Å². The average Bonchev–Trinajstić information content (AvgIpc) is 2.18. The summed E-state index contributed by atoms with van der Waals surface area (Å²) in [7, 11) is 0. The van der Waals surface area contributed by atoms with Crippen molar-refractivity contribution < 1.29 is 14.3 Å². The summed E-state index contributed by atoms with van der Waals surface area (Å²) in [5.41, 5.74) is 1.05. The van der Waals surface area contributed by atoms with E-state index in [1.165, 1.54) is 0 Å². The molecular weight excluding hydrogens is 192 g/mol. The third-order valence-electron chi connectivity index (χ3n) is 1.70.